The minimum Gasteiger partial charge on any atom is -0.474 e. The van der Waals surface area contributed by atoms with Gasteiger partial charge in [-0.05, 0) is 0 Å². The molecule has 62 valence electrons. The van der Waals surface area contributed by atoms with Gasteiger partial charge in [0.15, 0.2) is 0 Å². The van der Waals surface area contributed by atoms with Crippen molar-refractivity contribution in [2.24, 2.45) is 0 Å². The average molecular weight is 165 g/mol. The third kappa shape index (κ3) is 1.90. The van der Waals surface area contributed by atoms with Crippen molar-refractivity contribution in [2.45, 2.75) is 0 Å². The van der Waals surface area contributed by atoms with Crippen LogP contribution in [-0.4, -0.2) is 28.3 Å². The highest BCUT2D eigenvalue weighted by Gasteiger charge is 2.02. The fourth-order valence-corrected chi connectivity index (χ4v) is 0.652. The molecule has 1 aromatic heterocycles. The molecule has 0 saturated carbocycles. The zero-order valence-electron chi connectivity index (χ0n) is 6.27. The van der Waals surface area contributed by atoms with E-state index in [2.05, 4.69) is 9.97 Å². The second-order valence-corrected chi connectivity index (χ2v) is 1.93. The molecule has 5 heteroatoms. The van der Waals surface area contributed by atoms with E-state index >= 15 is 0 Å². The Kier molecular flexibility index (Phi) is 2.99. The number of aliphatic hydroxyl groups excluding tert-OH is 1. The van der Waals surface area contributed by atoms with E-state index in [9.17, 15) is 0 Å². The normalized spacial score (nSPS) is 9.00. The van der Waals surface area contributed by atoms with Gasteiger partial charge in [-0.25, -0.2) is 9.97 Å². The monoisotopic (exact) mass is 165 g/mol. The predicted octanol–water partition coefficient (Wildman–Crippen LogP) is -0.281. The molecule has 0 amide bonds. The van der Waals surface area contributed by atoms with Crippen LogP contribution in [0.3, 0.4) is 0 Å². The van der Waals surface area contributed by atoms with E-state index in [1.165, 1.54) is 12.5 Å². The van der Waals surface area contributed by atoms with Gasteiger partial charge in [-0.1, -0.05) is 0 Å². The third-order valence-corrected chi connectivity index (χ3v) is 1.13. The van der Waals surface area contributed by atoms with Crippen molar-refractivity contribution < 1.29 is 9.84 Å². The Hall–Kier alpha value is -1.67. The Morgan fingerprint density at radius 2 is 2.50 bits per heavy atom. The number of nitriles is 1. The van der Waals surface area contributed by atoms with Crippen LogP contribution in [0.2, 0.25) is 0 Å². The van der Waals surface area contributed by atoms with Crippen LogP contribution >= 0.6 is 0 Å². The van der Waals surface area contributed by atoms with Gasteiger partial charge < -0.3 is 9.84 Å². The van der Waals surface area contributed by atoms with E-state index in [0.717, 1.165) is 0 Å². The van der Waals surface area contributed by atoms with Crippen LogP contribution in [0.5, 0.6) is 5.88 Å². The number of aromatic nitrogens is 2. The van der Waals surface area contributed by atoms with Crippen molar-refractivity contribution >= 4 is 0 Å². The fraction of sp³-hybridized carbons (Fsp3) is 0.286. The molecule has 12 heavy (non-hydrogen) atoms. The number of hydrogen-bond donors (Lipinski definition) is 1. The number of rotatable bonds is 3. The Morgan fingerprint density at radius 1 is 1.67 bits per heavy atom. The molecule has 1 rings (SSSR count). The molecule has 5 nitrogen and oxygen atoms in total. The van der Waals surface area contributed by atoms with E-state index in [4.69, 9.17) is 15.1 Å². The lowest BCUT2D eigenvalue weighted by Gasteiger charge is -2.02. The predicted molar refractivity (Wildman–Crippen MR) is 39.3 cm³/mol. The van der Waals surface area contributed by atoms with Gasteiger partial charge in [-0.15, -0.1) is 0 Å². The van der Waals surface area contributed by atoms with Crippen LogP contribution in [0.1, 0.15) is 5.56 Å². The largest absolute Gasteiger partial charge is 0.474 e. The molecular weight excluding hydrogens is 158 g/mol. The zero-order valence-corrected chi connectivity index (χ0v) is 6.27. The topological polar surface area (TPSA) is 79.0 Å². The first-order chi connectivity index (χ1) is 5.88. The van der Waals surface area contributed by atoms with Crippen LogP contribution in [0, 0.1) is 11.3 Å². The summed E-state index contributed by atoms with van der Waals surface area (Å²) in [6.07, 6.45) is 2.65. The first kappa shape index (κ1) is 8.43. The van der Waals surface area contributed by atoms with Crippen LogP contribution < -0.4 is 4.74 Å². The highest BCUT2D eigenvalue weighted by atomic mass is 16.5. The molecular formula is C7H7N3O2. The lowest BCUT2D eigenvalue weighted by atomic mass is 10.4. The molecule has 0 atom stereocenters. The first-order valence-electron chi connectivity index (χ1n) is 3.32. The van der Waals surface area contributed by atoms with E-state index in [0.29, 0.717) is 0 Å². The molecule has 1 heterocycles. The molecule has 0 spiro atoms. The number of nitrogens with zero attached hydrogens (tertiary/aromatic N) is 3. The SMILES string of the molecule is N#Cc1cncnc1OCCO. The van der Waals surface area contributed by atoms with E-state index in [1.807, 2.05) is 6.07 Å². The number of ether oxygens (including phenoxy) is 1. The minimum absolute atomic E-state index is 0.102. The third-order valence-electron chi connectivity index (χ3n) is 1.13. The zero-order chi connectivity index (χ0) is 8.81. The van der Waals surface area contributed by atoms with Crippen LogP contribution in [0.25, 0.3) is 0 Å². The summed E-state index contributed by atoms with van der Waals surface area (Å²) in [6, 6.07) is 1.87. The molecule has 0 unspecified atom stereocenters. The Labute approximate surface area is 69.3 Å². The summed E-state index contributed by atoms with van der Waals surface area (Å²) in [5.74, 6) is 0.210. The van der Waals surface area contributed by atoms with Crippen molar-refractivity contribution in [1.29, 1.82) is 5.26 Å². The van der Waals surface area contributed by atoms with Crippen molar-refractivity contribution in [3.05, 3.63) is 18.1 Å². The highest BCUT2D eigenvalue weighted by Crippen LogP contribution is 2.10. The van der Waals surface area contributed by atoms with Gasteiger partial charge in [0.25, 0.3) is 0 Å². The fourth-order valence-electron chi connectivity index (χ4n) is 0.652. The molecule has 1 N–H and O–H groups in total. The summed E-state index contributed by atoms with van der Waals surface area (Å²) in [7, 11) is 0. The Bertz CT molecular complexity index is 295. The van der Waals surface area contributed by atoms with E-state index < -0.39 is 0 Å². The maximum absolute atomic E-state index is 8.55. The average Bonchev–Trinajstić information content (AvgIpc) is 2.15. The van der Waals surface area contributed by atoms with E-state index in [-0.39, 0.29) is 24.7 Å². The second-order valence-electron chi connectivity index (χ2n) is 1.93. The summed E-state index contributed by atoms with van der Waals surface area (Å²) in [4.78, 5) is 7.37. The van der Waals surface area contributed by atoms with Crippen LogP contribution in [0.4, 0.5) is 0 Å². The second kappa shape index (κ2) is 4.26. The summed E-state index contributed by atoms with van der Waals surface area (Å²) in [6.45, 7) is 0.0283. The Balaban J connectivity index is 2.77. The van der Waals surface area contributed by atoms with E-state index in [1.54, 1.807) is 0 Å². The highest BCUT2D eigenvalue weighted by molar-refractivity contribution is 5.34. The molecule has 0 aromatic carbocycles. The van der Waals surface area contributed by atoms with Crippen molar-refractivity contribution in [1.82, 2.24) is 9.97 Å². The van der Waals surface area contributed by atoms with Gasteiger partial charge in [-0.3, -0.25) is 0 Å². The summed E-state index contributed by atoms with van der Waals surface area (Å²) >= 11 is 0. The quantitative estimate of drug-likeness (QED) is 0.666. The van der Waals surface area contributed by atoms with Gasteiger partial charge in [0, 0.05) is 0 Å². The van der Waals surface area contributed by atoms with Gasteiger partial charge in [0.1, 0.15) is 24.6 Å². The molecule has 0 bridgehead atoms. The maximum atomic E-state index is 8.55. The van der Waals surface area contributed by atoms with Gasteiger partial charge >= 0.3 is 0 Å². The molecule has 1 aromatic rings. The van der Waals surface area contributed by atoms with Crippen LogP contribution in [-0.2, 0) is 0 Å². The molecule has 0 fully saturated rings. The summed E-state index contributed by atoms with van der Waals surface area (Å²) in [5, 5.41) is 17.0. The van der Waals surface area contributed by atoms with Crippen molar-refractivity contribution in [3.63, 3.8) is 0 Å². The first-order valence-corrected chi connectivity index (χ1v) is 3.32. The standard InChI is InChI=1S/C7H7N3O2/c8-3-6-4-9-5-10-7(6)12-2-1-11/h4-5,11H,1-2H2. The summed E-state index contributed by atoms with van der Waals surface area (Å²) < 4.78 is 4.95. The smallest absolute Gasteiger partial charge is 0.234 e. The summed E-state index contributed by atoms with van der Waals surface area (Å²) in [5.41, 5.74) is 0.269. The van der Waals surface area contributed by atoms with Gasteiger partial charge in [0.2, 0.25) is 5.88 Å². The molecule has 0 aliphatic carbocycles. The molecule has 0 saturated heterocycles. The van der Waals surface area contributed by atoms with Crippen molar-refractivity contribution in [3.8, 4) is 11.9 Å². The Morgan fingerprint density at radius 3 is 3.17 bits per heavy atom. The lowest BCUT2D eigenvalue weighted by Crippen LogP contribution is -2.04. The maximum Gasteiger partial charge on any atom is 0.234 e. The number of aliphatic hydroxyl groups is 1. The molecule has 0 radical (unpaired) electrons. The lowest BCUT2D eigenvalue weighted by molar-refractivity contribution is 0.196. The van der Waals surface area contributed by atoms with Gasteiger partial charge in [-0.2, -0.15) is 5.26 Å². The number of hydrogen-bond acceptors (Lipinski definition) is 5. The van der Waals surface area contributed by atoms with Crippen molar-refractivity contribution in [2.75, 3.05) is 13.2 Å². The molecule has 0 aliphatic rings. The van der Waals surface area contributed by atoms with Crippen LogP contribution in [0.15, 0.2) is 12.5 Å². The molecule has 0 aliphatic heterocycles. The van der Waals surface area contributed by atoms with Gasteiger partial charge in [0.05, 0.1) is 12.8 Å². The minimum atomic E-state index is -0.102.